The predicted octanol–water partition coefficient (Wildman–Crippen LogP) is 3.77. The Labute approximate surface area is 124 Å². The molecular weight excluding hydrogens is 267 g/mol. The Kier molecular flexibility index (Phi) is 4.58. The van der Waals surface area contributed by atoms with Gasteiger partial charge >= 0.3 is 0 Å². The molecule has 21 heavy (non-hydrogen) atoms. The minimum Gasteiger partial charge on any atom is -0.397 e. The van der Waals surface area contributed by atoms with Crippen molar-refractivity contribution in [1.29, 1.82) is 0 Å². The summed E-state index contributed by atoms with van der Waals surface area (Å²) in [5, 5.41) is 0. The van der Waals surface area contributed by atoms with Crippen LogP contribution >= 0.6 is 0 Å². The van der Waals surface area contributed by atoms with Crippen LogP contribution in [0.3, 0.4) is 0 Å². The molecule has 2 aromatic carbocycles. The highest BCUT2D eigenvalue weighted by molar-refractivity contribution is 6.07. The molecule has 2 aromatic rings. The predicted molar refractivity (Wildman–Crippen MR) is 84.0 cm³/mol. The van der Waals surface area contributed by atoms with Crippen LogP contribution in [0.25, 0.3) is 0 Å². The van der Waals surface area contributed by atoms with Gasteiger partial charge in [-0.2, -0.15) is 0 Å². The molecule has 0 saturated carbocycles. The molecule has 110 valence electrons. The molecule has 0 fully saturated rings. The van der Waals surface area contributed by atoms with Gasteiger partial charge in [-0.15, -0.1) is 0 Å². The van der Waals surface area contributed by atoms with E-state index in [-0.39, 0.29) is 11.7 Å². The second kappa shape index (κ2) is 6.39. The monoisotopic (exact) mass is 286 g/mol. The van der Waals surface area contributed by atoms with Gasteiger partial charge in [-0.25, -0.2) is 4.39 Å². The third-order valence-electron chi connectivity index (χ3n) is 3.34. The molecule has 0 heterocycles. The fourth-order valence-corrected chi connectivity index (χ4v) is 2.17. The number of nitrogen functional groups attached to an aromatic ring is 1. The number of hydrogen-bond acceptors (Lipinski definition) is 2. The Morgan fingerprint density at radius 3 is 2.57 bits per heavy atom. The van der Waals surface area contributed by atoms with E-state index in [0.717, 1.165) is 6.42 Å². The maximum Gasteiger partial charge on any atom is 0.258 e. The summed E-state index contributed by atoms with van der Waals surface area (Å²) >= 11 is 0. The van der Waals surface area contributed by atoms with Crippen LogP contribution in [0.5, 0.6) is 0 Å². The van der Waals surface area contributed by atoms with E-state index in [1.54, 1.807) is 36.1 Å². The minimum absolute atomic E-state index is 0.242. The van der Waals surface area contributed by atoms with E-state index in [2.05, 4.69) is 0 Å². The first kappa shape index (κ1) is 15.0. The zero-order valence-electron chi connectivity index (χ0n) is 12.3. The molecule has 0 aliphatic heterocycles. The van der Waals surface area contributed by atoms with E-state index in [4.69, 9.17) is 5.73 Å². The SMILES string of the molecule is CCCN(C(=O)c1ccc(C)c(F)c1)c1ccccc1N. The zero-order chi connectivity index (χ0) is 15.4. The molecule has 1 amide bonds. The largest absolute Gasteiger partial charge is 0.397 e. The quantitative estimate of drug-likeness (QED) is 0.870. The number of carbonyl (C=O) groups excluding carboxylic acids is 1. The fourth-order valence-electron chi connectivity index (χ4n) is 2.17. The molecule has 2 rings (SSSR count). The maximum atomic E-state index is 13.7. The number of rotatable bonds is 4. The van der Waals surface area contributed by atoms with Crippen molar-refractivity contribution in [3.05, 3.63) is 59.4 Å². The summed E-state index contributed by atoms with van der Waals surface area (Å²) in [5.74, 6) is -0.619. The average molecular weight is 286 g/mol. The molecule has 0 radical (unpaired) electrons. The molecule has 0 aromatic heterocycles. The topological polar surface area (TPSA) is 46.3 Å². The van der Waals surface area contributed by atoms with Crippen molar-refractivity contribution in [1.82, 2.24) is 0 Å². The zero-order valence-corrected chi connectivity index (χ0v) is 12.3. The van der Waals surface area contributed by atoms with Crippen LogP contribution in [0, 0.1) is 12.7 Å². The summed E-state index contributed by atoms with van der Waals surface area (Å²) in [5.41, 5.74) is 8.00. The number of benzene rings is 2. The van der Waals surface area contributed by atoms with E-state index < -0.39 is 0 Å². The van der Waals surface area contributed by atoms with Crippen LogP contribution in [-0.4, -0.2) is 12.5 Å². The maximum absolute atomic E-state index is 13.7. The fraction of sp³-hybridized carbons (Fsp3) is 0.235. The van der Waals surface area contributed by atoms with Crippen LogP contribution < -0.4 is 10.6 Å². The summed E-state index contributed by atoms with van der Waals surface area (Å²) in [6, 6.07) is 11.7. The molecule has 0 saturated heterocycles. The molecule has 0 unspecified atom stereocenters. The van der Waals surface area contributed by atoms with Gasteiger partial charge in [0, 0.05) is 12.1 Å². The number of anilines is 2. The van der Waals surface area contributed by atoms with Gasteiger partial charge < -0.3 is 10.6 Å². The van der Waals surface area contributed by atoms with E-state index >= 15 is 0 Å². The highest BCUT2D eigenvalue weighted by Crippen LogP contribution is 2.25. The van der Waals surface area contributed by atoms with Crippen molar-refractivity contribution in [2.24, 2.45) is 0 Å². The molecule has 0 spiro atoms. The number of nitrogens with two attached hydrogens (primary N) is 1. The van der Waals surface area contributed by atoms with Gasteiger partial charge in [0.2, 0.25) is 0 Å². The van der Waals surface area contributed by atoms with Gasteiger partial charge in [-0.3, -0.25) is 4.79 Å². The molecule has 0 aliphatic carbocycles. The lowest BCUT2D eigenvalue weighted by atomic mass is 10.1. The lowest BCUT2D eigenvalue weighted by Crippen LogP contribution is -2.32. The molecular formula is C17H19FN2O. The minimum atomic E-state index is -0.377. The number of halogens is 1. The van der Waals surface area contributed by atoms with Crippen LogP contribution in [0.2, 0.25) is 0 Å². The summed E-state index contributed by atoms with van der Waals surface area (Å²) in [7, 11) is 0. The Bertz CT molecular complexity index is 655. The van der Waals surface area contributed by atoms with Crippen molar-refractivity contribution in [2.45, 2.75) is 20.3 Å². The number of para-hydroxylation sites is 2. The normalized spacial score (nSPS) is 10.4. The van der Waals surface area contributed by atoms with Crippen LogP contribution in [0.15, 0.2) is 42.5 Å². The summed E-state index contributed by atoms with van der Waals surface area (Å²) < 4.78 is 13.7. The number of hydrogen-bond donors (Lipinski definition) is 1. The Morgan fingerprint density at radius 1 is 1.24 bits per heavy atom. The van der Waals surface area contributed by atoms with E-state index in [9.17, 15) is 9.18 Å². The van der Waals surface area contributed by atoms with Crippen LogP contribution in [-0.2, 0) is 0 Å². The Balaban J connectivity index is 2.40. The molecule has 3 nitrogen and oxygen atoms in total. The van der Waals surface area contributed by atoms with Gasteiger partial charge in [0.25, 0.3) is 5.91 Å². The molecule has 4 heteroatoms. The summed E-state index contributed by atoms with van der Waals surface area (Å²) in [4.78, 5) is 14.3. The van der Waals surface area contributed by atoms with Crippen molar-refractivity contribution in [2.75, 3.05) is 17.2 Å². The third-order valence-corrected chi connectivity index (χ3v) is 3.34. The van der Waals surface area contributed by atoms with Gasteiger partial charge in [-0.1, -0.05) is 25.1 Å². The van der Waals surface area contributed by atoms with Crippen molar-refractivity contribution >= 4 is 17.3 Å². The first-order valence-corrected chi connectivity index (χ1v) is 6.97. The lowest BCUT2D eigenvalue weighted by Gasteiger charge is -2.24. The smallest absolute Gasteiger partial charge is 0.258 e. The highest BCUT2D eigenvalue weighted by Gasteiger charge is 2.19. The molecule has 0 aliphatic rings. The Morgan fingerprint density at radius 2 is 1.95 bits per heavy atom. The Hall–Kier alpha value is -2.36. The average Bonchev–Trinajstić information content (AvgIpc) is 2.48. The highest BCUT2D eigenvalue weighted by atomic mass is 19.1. The first-order chi connectivity index (χ1) is 10.0. The number of amides is 1. The van der Waals surface area contributed by atoms with E-state index in [1.165, 1.54) is 6.07 Å². The van der Waals surface area contributed by atoms with Crippen LogP contribution in [0.1, 0.15) is 29.3 Å². The summed E-state index contributed by atoms with van der Waals surface area (Å²) in [6.45, 7) is 4.18. The number of nitrogens with zero attached hydrogens (tertiary/aromatic N) is 1. The first-order valence-electron chi connectivity index (χ1n) is 6.97. The van der Waals surface area contributed by atoms with E-state index in [0.29, 0.717) is 29.0 Å². The standard InChI is InChI=1S/C17H19FN2O/c1-3-10-20(16-7-5-4-6-15(16)19)17(21)13-9-8-12(2)14(18)11-13/h4-9,11H,3,10,19H2,1-2H3. The van der Waals surface area contributed by atoms with Gasteiger partial charge in [-0.05, 0) is 43.2 Å². The summed E-state index contributed by atoms with van der Waals surface area (Å²) in [6.07, 6.45) is 0.786. The van der Waals surface area contributed by atoms with Crippen LogP contribution in [0.4, 0.5) is 15.8 Å². The van der Waals surface area contributed by atoms with Gasteiger partial charge in [0.1, 0.15) is 5.82 Å². The number of aryl methyl sites for hydroxylation is 1. The molecule has 0 atom stereocenters. The lowest BCUT2D eigenvalue weighted by molar-refractivity contribution is 0.0986. The van der Waals surface area contributed by atoms with E-state index in [1.807, 2.05) is 19.1 Å². The second-order valence-corrected chi connectivity index (χ2v) is 4.98. The second-order valence-electron chi connectivity index (χ2n) is 4.98. The molecule has 0 bridgehead atoms. The molecule has 2 N–H and O–H groups in total. The number of carbonyl (C=O) groups is 1. The van der Waals surface area contributed by atoms with Gasteiger partial charge in [0.15, 0.2) is 0 Å². The van der Waals surface area contributed by atoms with Gasteiger partial charge in [0.05, 0.1) is 11.4 Å². The van der Waals surface area contributed by atoms with Crippen molar-refractivity contribution < 1.29 is 9.18 Å². The van der Waals surface area contributed by atoms with Crippen molar-refractivity contribution in [3.63, 3.8) is 0 Å². The van der Waals surface area contributed by atoms with Crippen molar-refractivity contribution in [3.8, 4) is 0 Å². The third kappa shape index (κ3) is 3.21.